The van der Waals surface area contributed by atoms with Gasteiger partial charge in [0.25, 0.3) is 0 Å². The Kier molecular flexibility index (Phi) is 2.01. The van der Waals surface area contributed by atoms with E-state index in [0.717, 1.165) is 30.2 Å². The van der Waals surface area contributed by atoms with Crippen LogP contribution < -0.4 is 11.1 Å². The minimum absolute atomic E-state index is 0.550. The summed E-state index contributed by atoms with van der Waals surface area (Å²) in [4.78, 5) is 3.21. The molecule has 0 aromatic carbocycles. The Morgan fingerprint density at radius 3 is 3.33 bits per heavy atom. The summed E-state index contributed by atoms with van der Waals surface area (Å²) in [7, 11) is 0. The summed E-state index contributed by atoms with van der Waals surface area (Å²) in [5, 5.41) is 3.27. The van der Waals surface area contributed by atoms with E-state index in [-0.39, 0.29) is 0 Å². The van der Waals surface area contributed by atoms with Crippen molar-refractivity contribution < 1.29 is 4.74 Å². The molecule has 0 radical (unpaired) electrons. The van der Waals surface area contributed by atoms with Gasteiger partial charge in [-0.3, -0.25) is 0 Å². The Morgan fingerprint density at radius 2 is 2.50 bits per heavy atom. The van der Waals surface area contributed by atoms with Crippen LogP contribution in [0.4, 0.5) is 5.69 Å². The first kappa shape index (κ1) is 7.64. The number of hydrogen-bond acceptors (Lipinski definition) is 3. The maximum absolute atomic E-state index is 5.50. The SMILES string of the molecule is NCc1cc2c([nH]1)COCCN2. The van der Waals surface area contributed by atoms with Gasteiger partial charge >= 0.3 is 0 Å². The fraction of sp³-hybridized carbons (Fsp3) is 0.500. The van der Waals surface area contributed by atoms with Crippen LogP contribution in [0.3, 0.4) is 0 Å². The van der Waals surface area contributed by atoms with Crippen molar-refractivity contribution in [2.45, 2.75) is 13.2 Å². The van der Waals surface area contributed by atoms with Crippen molar-refractivity contribution in [1.29, 1.82) is 0 Å². The molecule has 1 aromatic heterocycles. The molecule has 0 atom stereocenters. The van der Waals surface area contributed by atoms with Gasteiger partial charge in [-0.1, -0.05) is 0 Å². The number of anilines is 1. The number of ether oxygens (including phenoxy) is 1. The summed E-state index contributed by atoms with van der Waals surface area (Å²) in [6.07, 6.45) is 0. The van der Waals surface area contributed by atoms with E-state index in [9.17, 15) is 0 Å². The largest absolute Gasteiger partial charge is 0.381 e. The predicted octanol–water partition coefficient (Wildman–Crippen LogP) is 0.416. The number of fused-ring (bicyclic) bond motifs is 1. The van der Waals surface area contributed by atoms with E-state index in [1.165, 1.54) is 0 Å². The van der Waals surface area contributed by atoms with Crippen molar-refractivity contribution in [2.75, 3.05) is 18.5 Å². The lowest BCUT2D eigenvalue weighted by Gasteiger charge is -1.97. The Bertz CT molecular complexity index is 246. The highest BCUT2D eigenvalue weighted by Crippen LogP contribution is 2.19. The molecule has 4 nitrogen and oxygen atoms in total. The van der Waals surface area contributed by atoms with E-state index < -0.39 is 0 Å². The van der Waals surface area contributed by atoms with E-state index in [4.69, 9.17) is 10.5 Å². The molecule has 4 heteroatoms. The van der Waals surface area contributed by atoms with Crippen molar-refractivity contribution in [1.82, 2.24) is 4.98 Å². The number of H-pyrrole nitrogens is 1. The van der Waals surface area contributed by atoms with E-state index >= 15 is 0 Å². The second kappa shape index (κ2) is 3.16. The lowest BCUT2D eigenvalue weighted by atomic mass is 10.3. The summed E-state index contributed by atoms with van der Waals surface area (Å²) in [6.45, 7) is 2.84. The summed E-state index contributed by atoms with van der Waals surface area (Å²) >= 11 is 0. The highest BCUT2D eigenvalue weighted by Gasteiger charge is 2.09. The summed E-state index contributed by atoms with van der Waals surface area (Å²) < 4.78 is 5.34. The van der Waals surface area contributed by atoms with Crippen LogP contribution in [0.5, 0.6) is 0 Å². The van der Waals surface area contributed by atoms with Crippen LogP contribution in [-0.2, 0) is 17.9 Å². The molecule has 0 saturated carbocycles. The average molecular weight is 167 g/mol. The van der Waals surface area contributed by atoms with Crippen LogP contribution >= 0.6 is 0 Å². The first-order chi connectivity index (χ1) is 5.90. The molecule has 0 unspecified atom stereocenters. The van der Waals surface area contributed by atoms with E-state index in [2.05, 4.69) is 10.3 Å². The average Bonchev–Trinajstić information content (AvgIpc) is 2.37. The van der Waals surface area contributed by atoms with Gasteiger partial charge in [0.15, 0.2) is 0 Å². The first-order valence-corrected chi connectivity index (χ1v) is 4.12. The van der Waals surface area contributed by atoms with Crippen LogP contribution in [0, 0.1) is 0 Å². The van der Waals surface area contributed by atoms with Crippen molar-refractivity contribution in [3.63, 3.8) is 0 Å². The lowest BCUT2D eigenvalue weighted by Crippen LogP contribution is -2.04. The van der Waals surface area contributed by atoms with Crippen LogP contribution in [0.15, 0.2) is 6.07 Å². The maximum atomic E-state index is 5.50. The van der Waals surface area contributed by atoms with E-state index in [1.807, 2.05) is 6.07 Å². The molecule has 1 aliphatic heterocycles. The second-order valence-corrected chi connectivity index (χ2v) is 2.87. The number of aromatic amines is 1. The maximum Gasteiger partial charge on any atom is 0.0887 e. The van der Waals surface area contributed by atoms with Gasteiger partial charge in [0, 0.05) is 18.8 Å². The zero-order valence-electron chi connectivity index (χ0n) is 6.89. The monoisotopic (exact) mass is 167 g/mol. The zero-order chi connectivity index (χ0) is 8.39. The third-order valence-electron chi connectivity index (χ3n) is 1.98. The number of nitrogens with two attached hydrogens (primary N) is 1. The topological polar surface area (TPSA) is 63.1 Å². The van der Waals surface area contributed by atoms with Crippen molar-refractivity contribution in [3.05, 3.63) is 17.5 Å². The van der Waals surface area contributed by atoms with Gasteiger partial charge in [-0.15, -0.1) is 0 Å². The molecule has 12 heavy (non-hydrogen) atoms. The molecule has 2 rings (SSSR count). The molecule has 0 fully saturated rings. The minimum Gasteiger partial charge on any atom is -0.381 e. The second-order valence-electron chi connectivity index (χ2n) is 2.87. The quantitative estimate of drug-likeness (QED) is 0.568. The normalized spacial score (nSPS) is 16.4. The Hall–Kier alpha value is -1.00. The molecular formula is C8H13N3O. The van der Waals surface area contributed by atoms with Gasteiger partial charge in [-0.2, -0.15) is 0 Å². The number of hydrogen-bond donors (Lipinski definition) is 3. The molecule has 66 valence electrons. The van der Waals surface area contributed by atoms with Crippen LogP contribution in [0.25, 0.3) is 0 Å². The summed E-state index contributed by atoms with van der Waals surface area (Å²) in [6, 6.07) is 2.05. The molecule has 0 saturated heterocycles. The summed E-state index contributed by atoms with van der Waals surface area (Å²) in [5.41, 5.74) is 8.79. The van der Waals surface area contributed by atoms with Gasteiger partial charge in [-0.25, -0.2) is 0 Å². The Balaban J connectivity index is 2.26. The van der Waals surface area contributed by atoms with Crippen LogP contribution in [0.1, 0.15) is 11.4 Å². The van der Waals surface area contributed by atoms with Gasteiger partial charge in [0.1, 0.15) is 0 Å². The highest BCUT2D eigenvalue weighted by atomic mass is 16.5. The summed E-state index contributed by atoms with van der Waals surface area (Å²) in [5.74, 6) is 0. The predicted molar refractivity (Wildman–Crippen MR) is 46.8 cm³/mol. The first-order valence-electron chi connectivity index (χ1n) is 4.12. The molecule has 0 amide bonds. The van der Waals surface area contributed by atoms with Gasteiger partial charge in [0.2, 0.25) is 0 Å². The number of nitrogens with one attached hydrogen (secondary N) is 2. The minimum atomic E-state index is 0.550. The third-order valence-corrected chi connectivity index (χ3v) is 1.98. The molecule has 0 aliphatic carbocycles. The highest BCUT2D eigenvalue weighted by molar-refractivity contribution is 5.51. The molecular weight excluding hydrogens is 154 g/mol. The van der Waals surface area contributed by atoms with Gasteiger partial charge < -0.3 is 20.8 Å². The van der Waals surface area contributed by atoms with Gasteiger partial charge in [0.05, 0.1) is 24.6 Å². The smallest absolute Gasteiger partial charge is 0.0887 e. The molecule has 0 spiro atoms. The molecule has 0 bridgehead atoms. The number of aromatic nitrogens is 1. The van der Waals surface area contributed by atoms with Crippen LogP contribution in [0.2, 0.25) is 0 Å². The lowest BCUT2D eigenvalue weighted by molar-refractivity contribution is 0.132. The van der Waals surface area contributed by atoms with Crippen molar-refractivity contribution >= 4 is 5.69 Å². The number of rotatable bonds is 1. The van der Waals surface area contributed by atoms with Crippen molar-refractivity contribution in [3.8, 4) is 0 Å². The molecule has 4 N–H and O–H groups in total. The molecule has 1 aliphatic rings. The Morgan fingerprint density at radius 1 is 1.58 bits per heavy atom. The molecule has 1 aromatic rings. The third kappa shape index (κ3) is 1.31. The standard InChI is InChI=1S/C8H13N3O/c9-4-6-3-7-8(11-6)5-12-2-1-10-7/h3,10-11H,1-2,4-5,9H2. The zero-order valence-corrected chi connectivity index (χ0v) is 6.89. The molecule has 2 heterocycles. The fourth-order valence-corrected chi connectivity index (χ4v) is 1.37. The van der Waals surface area contributed by atoms with Crippen LogP contribution in [-0.4, -0.2) is 18.1 Å². The van der Waals surface area contributed by atoms with Crippen molar-refractivity contribution in [2.24, 2.45) is 5.73 Å². The fourth-order valence-electron chi connectivity index (χ4n) is 1.37. The van der Waals surface area contributed by atoms with E-state index in [0.29, 0.717) is 13.2 Å². The van der Waals surface area contributed by atoms with Gasteiger partial charge in [-0.05, 0) is 6.07 Å². The Labute approximate surface area is 71.1 Å². The van der Waals surface area contributed by atoms with E-state index in [1.54, 1.807) is 0 Å².